The zero-order chi connectivity index (χ0) is 15.9. The zero-order valence-electron chi connectivity index (χ0n) is 12.1. The lowest BCUT2D eigenvalue weighted by Gasteiger charge is -2.19. The Balaban J connectivity index is 1.93. The molecule has 7 heteroatoms. The molecule has 1 atom stereocenters. The monoisotopic (exact) mass is 383 g/mol. The van der Waals surface area contributed by atoms with E-state index in [2.05, 4.69) is 15.9 Å². The molecule has 22 heavy (non-hydrogen) atoms. The number of thioether (sulfide) groups is 1. The number of hydrogen-bond acceptors (Lipinski definition) is 5. The minimum absolute atomic E-state index is 0.0985. The summed E-state index contributed by atoms with van der Waals surface area (Å²) in [6, 6.07) is 3.50. The summed E-state index contributed by atoms with van der Waals surface area (Å²) in [7, 11) is 0. The lowest BCUT2D eigenvalue weighted by atomic mass is 10.1. The van der Waals surface area contributed by atoms with Crippen LogP contribution in [0.3, 0.4) is 0 Å². The van der Waals surface area contributed by atoms with Crippen LogP contribution in [0.25, 0.3) is 6.08 Å². The number of carbonyl (C=O) groups excluding carboxylic acids is 2. The first-order valence-electron chi connectivity index (χ1n) is 6.87. The molecule has 0 aliphatic carbocycles. The van der Waals surface area contributed by atoms with Crippen molar-refractivity contribution in [2.45, 2.75) is 26.3 Å². The summed E-state index contributed by atoms with van der Waals surface area (Å²) in [5, 5.41) is -0.220. The quantitative estimate of drug-likeness (QED) is 0.737. The molecule has 0 saturated carbocycles. The van der Waals surface area contributed by atoms with Crippen LogP contribution in [0.1, 0.15) is 25.8 Å². The van der Waals surface area contributed by atoms with Crippen LogP contribution >= 0.6 is 27.7 Å². The Kier molecular flexibility index (Phi) is 4.18. The van der Waals surface area contributed by atoms with Crippen molar-refractivity contribution < 1.29 is 19.1 Å². The molecular formula is C15H14BrNO4S. The molecule has 3 rings (SSSR count). The number of hydrogen-bond donors (Lipinski definition) is 0. The van der Waals surface area contributed by atoms with Gasteiger partial charge in [-0.2, -0.15) is 0 Å². The number of nitrogens with zero attached hydrogens (tertiary/aromatic N) is 1. The van der Waals surface area contributed by atoms with Gasteiger partial charge in [0.25, 0.3) is 11.1 Å². The molecule has 116 valence electrons. The Morgan fingerprint density at radius 1 is 1.36 bits per heavy atom. The summed E-state index contributed by atoms with van der Waals surface area (Å²) in [4.78, 5) is 26.2. The number of halogens is 1. The largest absolute Gasteiger partial charge is 0.454 e. The van der Waals surface area contributed by atoms with Crippen molar-refractivity contribution >= 4 is 44.9 Å². The van der Waals surface area contributed by atoms with Gasteiger partial charge in [0.2, 0.25) is 6.79 Å². The molecule has 5 nitrogen and oxygen atoms in total. The van der Waals surface area contributed by atoms with Crippen molar-refractivity contribution in [2.75, 3.05) is 6.79 Å². The molecule has 1 fully saturated rings. The van der Waals surface area contributed by atoms with Gasteiger partial charge in [-0.05, 0) is 48.9 Å². The van der Waals surface area contributed by atoms with Gasteiger partial charge in [0, 0.05) is 10.5 Å². The summed E-state index contributed by atoms with van der Waals surface area (Å²) in [5.41, 5.74) is 0.777. The first-order valence-corrected chi connectivity index (χ1v) is 8.48. The minimum Gasteiger partial charge on any atom is -0.454 e. The standard InChI is InChI=1S/C15H14BrNO4S/c1-3-8(2)17-14(18)13(22-15(17)19)5-9-4-11-12(6-10(9)16)21-7-20-11/h4-6,8H,3,7H2,1-2H3/b13-5-/t8-/m1/s1. The maximum atomic E-state index is 12.4. The van der Waals surface area contributed by atoms with Crippen LogP contribution in [0.2, 0.25) is 0 Å². The van der Waals surface area contributed by atoms with Gasteiger partial charge in [-0.25, -0.2) is 0 Å². The fourth-order valence-corrected chi connectivity index (χ4v) is 3.58. The third kappa shape index (κ3) is 2.63. The number of fused-ring (bicyclic) bond motifs is 1. The Morgan fingerprint density at radius 2 is 2.05 bits per heavy atom. The van der Waals surface area contributed by atoms with E-state index < -0.39 is 0 Å². The normalized spacial score (nSPS) is 20.1. The highest BCUT2D eigenvalue weighted by Crippen LogP contribution is 2.40. The molecule has 1 saturated heterocycles. The summed E-state index contributed by atoms with van der Waals surface area (Å²) in [6.45, 7) is 4.01. The molecule has 2 amide bonds. The van der Waals surface area contributed by atoms with Crippen molar-refractivity contribution in [3.05, 3.63) is 27.1 Å². The highest BCUT2D eigenvalue weighted by molar-refractivity contribution is 9.10. The van der Waals surface area contributed by atoms with Crippen LogP contribution in [0.5, 0.6) is 11.5 Å². The fourth-order valence-electron chi connectivity index (χ4n) is 2.23. The fraction of sp³-hybridized carbons (Fsp3) is 0.333. The molecule has 2 aliphatic rings. The van der Waals surface area contributed by atoms with E-state index >= 15 is 0 Å². The average Bonchev–Trinajstić information content (AvgIpc) is 3.03. The Hall–Kier alpha value is -1.47. The Labute approximate surface area is 140 Å². The second kappa shape index (κ2) is 5.96. The number of amides is 2. The molecule has 0 aromatic heterocycles. The third-order valence-corrected chi connectivity index (χ3v) is 5.20. The zero-order valence-corrected chi connectivity index (χ0v) is 14.5. The molecule has 0 bridgehead atoms. The number of rotatable bonds is 3. The maximum Gasteiger partial charge on any atom is 0.293 e. The van der Waals surface area contributed by atoms with E-state index in [1.54, 1.807) is 18.2 Å². The highest BCUT2D eigenvalue weighted by atomic mass is 79.9. The number of ether oxygens (including phenoxy) is 2. The maximum absolute atomic E-state index is 12.4. The highest BCUT2D eigenvalue weighted by Gasteiger charge is 2.37. The SMILES string of the molecule is CC[C@@H](C)N1C(=O)S/C(=C\c2cc3c(cc2Br)OCO3)C1=O. The van der Waals surface area contributed by atoms with E-state index in [0.717, 1.165) is 28.2 Å². The average molecular weight is 384 g/mol. The second-order valence-corrected chi connectivity index (χ2v) is 6.88. The van der Waals surface area contributed by atoms with Crippen molar-refractivity contribution in [2.24, 2.45) is 0 Å². The Bertz CT molecular complexity index is 688. The lowest BCUT2D eigenvalue weighted by Crippen LogP contribution is -2.36. The first kappa shape index (κ1) is 15.4. The molecule has 1 aromatic carbocycles. The van der Waals surface area contributed by atoms with Crippen molar-refractivity contribution in [1.29, 1.82) is 0 Å². The van der Waals surface area contributed by atoms with Gasteiger partial charge in [-0.3, -0.25) is 14.5 Å². The van der Waals surface area contributed by atoms with E-state index in [9.17, 15) is 9.59 Å². The summed E-state index contributed by atoms with van der Waals surface area (Å²) in [5.74, 6) is 1.06. The van der Waals surface area contributed by atoms with Crippen LogP contribution in [0.4, 0.5) is 4.79 Å². The number of benzene rings is 1. The Morgan fingerprint density at radius 3 is 2.73 bits per heavy atom. The van der Waals surface area contributed by atoms with Crippen LogP contribution in [0.15, 0.2) is 21.5 Å². The van der Waals surface area contributed by atoms with Gasteiger partial charge in [-0.1, -0.05) is 22.9 Å². The van der Waals surface area contributed by atoms with E-state index in [0.29, 0.717) is 16.4 Å². The van der Waals surface area contributed by atoms with Gasteiger partial charge in [0.1, 0.15) is 0 Å². The topological polar surface area (TPSA) is 55.8 Å². The third-order valence-electron chi connectivity index (χ3n) is 3.63. The molecule has 0 spiro atoms. The van der Waals surface area contributed by atoms with Crippen LogP contribution < -0.4 is 9.47 Å². The number of carbonyl (C=O) groups is 2. The molecule has 2 aliphatic heterocycles. The van der Waals surface area contributed by atoms with E-state index in [-0.39, 0.29) is 24.0 Å². The summed E-state index contributed by atoms with van der Waals surface area (Å²) >= 11 is 4.42. The predicted molar refractivity (Wildman–Crippen MR) is 87.8 cm³/mol. The predicted octanol–water partition coefficient (Wildman–Crippen LogP) is 4.01. The van der Waals surface area contributed by atoms with Gasteiger partial charge in [-0.15, -0.1) is 0 Å². The molecular weight excluding hydrogens is 370 g/mol. The smallest absolute Gasteiger partial charge is 0.293 e. The van der Waals surface area contributed by atoms with E-state index in [4.69, 9.17) is 9.47 Å². The van der Waals surface area contributed by atoms with Crippen molar-refractivity contribution in [3.63, 3.8) is 0 Å². The van der Waals surface area contributed by atoms with Crippen molar-refractivity contribution in [1.82, 2.24) is 4.90 Å². The van der Waals surface area contributed by atoms with Crippen LogP contribution in [-0.2, 0) is 4.79 Å². The van der Waals surface area contributed by atoms with Gasteiger partial charge >= 0.3 is 0 Å². The second-order valence-electron chi connectivity index (χ2n) is 5.04. The van der Waals surface area contributed by atoms with E-state index in [1.807, 2.05) is 13.8 Å². The van der Waals surface area contributed by atoms with Gasteiger partial charge in [0.15, 0.2) is 11.5 Å². The van der Waals surface area contributed by atoms with Crippen LogP contribution in [0, 0.1) is 0 Å². The molecule has 0 radical (unpaired) electrons. The van der Waals surface area contributed by atoms with Gasteiger partial charge < -0.3 is 9.47 Å². The molecule has 1 aromatic rings. The van der Waals surface area contributed by atoms with E-state index in [1.165, 1.54) is 4.90 Å². The molecule has 0 N–H and O–H groups in total. The lowest BCUT2D eigenvalue weighted by molar-refractivity contribution is -0.124. The first-order chi connectivity index (χ1) is 10.5. The minimum atomic E-state index is -0.242. The number of imide groups is 1. The van der Waals surface area contributed by atoms with Crippen LogP contribution in [-0.4, -0.2) is 28.9 Å². The summed E-state index contributed by atoms with van der Waals surface area (Å²) in [6.07, 6.45) is 2.44. The molecule has 2 heterocycles. The molecule has 0 unspecified atom stereocenters. The summed E-state index contributed by atoms with van der Waals surface area (Å²) < 4.78 is 11.4. The van der Waals surface area contributed by atoms with Crippen molar-refractivity contribution in [3.8, 4) is 11.5 Å². The van der Waals surface area contributed by atoms with Gasteiger partial charge in [0.05, 0.1) is 4.91 Å².